The number of fused-ring (bicyclic) bond motifs is 1. The molecule has 7 nitrogen and oxygen atoms in total. The fraction of sp³-hybridized carbons (Fsp3) is 0.474. The molecule has 146 valence electrons. The number of sulfone groups is 1. The van der Waals surface area contributed by atoms with Crippen LogP contribution in [-0.4, -0.2) is 55.6 Å². The number of rotatable bonds is 5. The smallest absolute Gasteiger partial charge is 0.242 e. The van der Waals surface area contributed by atoms with Crippen LogP contribution in [0.4, 0.5) is 0 Å². The van der Waals surface area contributed by atoms with Crippen LogP contribution in [0.5, 0.6) is 0 Å². The van der Waals surface area contributed by atoms with Crippen molar-refractivity contribution in [3.63, 3.8) is 0 Å². The third-order valence-corrected chi connectivity index (χ3v) is 6.77. The molecule has 0 saturated carbocycles. The molecule has 1 N–H and O–H groups in total. The zero-order chi connectivity index (χ0) is 19.6. The van der Waals surface area contributed by atoms with Crippen molar-refractivity contribution in [2.45, 2.75) is 31.2 Å². The normalized spacial score (nSPS) is 15.9. The van der Waals surface area contributed by atoms with Gasteiger partial charge in [0, 0.05) is 37.2 Å². The van der Waals surface area contributed by atoms with Gasteiger partial charge in [0.2, 0.25) is 11.8 Å². The first kappa shape index (κ1) is 19.4. The Morgan fingerprint density at radius 1 is 1.19 bits per heavy atom. The first-order valence-corrected chi connectivity index (χ1v) is 10.8. The predicted octanol–water partition coefficient (Wildman–Crippen LogP) is 1.42. The van der Waals surface area contributed by atoms with Crippen LogP contribution in [0.3, 0.4) is 0 Å². The van der Waals surface area contributed by atoms with E-state index in [2.05, 4.69) is 12.2 Å². The molecule has 1 aromatic carbocycles. The lowest BCUT2D eigenvalue weighted by molar-refractivity contribution is -0.133. The highest BCUT2D eigenvalue weighted by Crippen LogP contribution is 2.27. The van der Waals surface area contributed by atoms with Crippen molar-refractivity contribution in [2.75, 3.05) is 25.9 Å². The molecule has 0 radical (unpaired) electrons. The highest BCUT2D eigenvalue weighted by atomic mass is 32.2. The monoisotopic (exact) mass is 391 g/mol. The first-order chi connectivity index (χ1) is 12.8. The van der Waals surface area contributed by atoms with Gasteiger partial charge in [-0.25, -0.2) is 8.42 Å². The summed E-state index contributed by atoms with van der Waals surface area (Å²) < 4.78 is 27.0. The average Bonchev–Trinajstić information content (AvgIpc) is 3.01. The molecule has 1 saturated heterocycles. The van der Waals surface area contributed by atoms with Crippen LogP contribution in [0.2, 0.25) is 0 Å². The van der Waals surface area contributed by atoms with Crippen LogP contribution < -0.4 is 5.32 Å². The Morgan fingerprint density at radius 2 is 1.85 bits per heavy atom. The summed E-state index contributed by atoms with van der Waals surface area (Å²) in [6.07, 6.45) is 3.46. The topological polar surface area (TPSA) is 88.5 Å². The van der Waals surface area contributed by atoms with Gasteiger partial charge in [-0.2, -0.15) is 0 Å². The summed E-state index contributed by atoms with van der Waals surface area (Å²) >= 11 is 0. The molecule has 0 unspecified atom stereocenters. The van der Waals surface area contributed by atoms with E-state index in [0.717, 1.165) is 25.9 Å². The average molecular weight is 391 g/mol. The third kappa shape index (κ3) is 4.16. The van der Waals surface area contributed by atoms with E-state index in [1.54, 1.807) is 28.8 Å². The standard InChI is InChI=1S/C19H25N3O4S/c1-14-7-9-21(10-8-14)19(24)12-22-11-17(15-5-3-4-6-16(15)22)27(25,26)13-18(23)20-2/h3-6,11,14H,7-10,12-13H2,1-2H3,(H,20,23). The minimum absolute atomic E-state index is 0.0158. The Balaban J connectivity index is 1.91. The van der Waals surface area contributed by atoms with Gasteiger partial charge < -0.3 is 14.8 Å². The highest BCUT2D eigenvalue weighted by Gasteiger charge is 2.26. The second-order valence-corrected chi connectivity index (χ2v) is 9.09. The molecule has 0 spiro atoms. The predicted molar refractivity (Wildman–Crippen MR) is 103 cm³/mol. The quantitative estimate of drug-likeness (QED) is 0.835. The van der Waals surface area contributed by atoms with Gasteiger partial charge >= 0.3 is 0 Å². The number of aromatic nitrogens is 1. The van der Waals surface area contributed by atoms with Crippen molar-refractivity contribution in [2.24, 2.45) is 5.92 Å². The van der Waals surface area contributed by atoms with E-state index in [1.165, 1.54) is 13.2 Å². The number of hydrogen-bond acceptors (Lipinski definition) is 4. The minimum Gasteiger partial charge on any atom is -0.358 e. The number of hydrogen-bond donors (Lipinski definition) is 1. The number of amides is 2. The largest absolute Gasteiger partial charge is 0.358 e. The summed E-state index contributed by atoms with van der Waals surface area (Å²) in [7, 11) is -2.40. The van der Waals surface area contributed by atoms with Crippen LogP contribution >= 0.6 is 0 Å². The maximum atomic E-state index is 12.7. The van der Waals surface area contributed by atoms with Crippen molar-refractivity contribution in [1.82, 2.24) is 14.8 Å². The van der Waals surface area contributed by atoms with Crippen molar-refractivity contribution in [3.05, 3.63) is 30.5 Å². The number of nitrogens with zero attached hydrogens (tertiary/aromatic N) is 2. The third-order valence-electron chi connectivity index (χ3n) is 5.13. The fourth-order valence-electron chi connectivity index (χ4n) is 3.42. The van der Waals surface area contributed by atoms with Gasteiger partial charge in [0.15, 0.2) is 9.84 Å². The van der Waals surface area contributed by atoms with Crippen molar-refractivity contribution in [3.8, 4) is 0 Å². The van der Waals surface area contributed by atoms with Crippen LogP contribution in [-0.2, 0) is 26.0 Å². The zero-order valence-corrected chi connectivity index (χ0v) is 16.5. The molecule has 0 aliphatic carbocycles. The van der Waals surface area contributed by atoms with Gasteiger partial charge in [-0.15, -0.1) is 0 Å². The van der Waals surface area contributed by atoms with Gasteiger partial charge in [0.25, 0.3) is 0 Å². The minimum atomic E-state index is -3.80. The van der Waals surface area contributed by atoms with Crippen LogP contribution in [0.1, 0.15) is 19.8 Å². The second kappa shape index (κ2) is 7.72. The molecule has 1 aromatic heterocycles. The maximum absolute atomic E-state index is 12.7. The molecule has 1 aliphatic rings. The lowest BCUT2D eigenvalue weighted by atomic mass is 9.99. The summed E-state index contributed by atoms with van der Waals surface area (Å²) in [4.78, 5) is 26.2. The molecular weight excluding hydrogens is 366 g/mol. The zero-order valence-electron chi connectivity index (χ0n) is 15.6. The molecular formula is C19H25N3O4S. The SMILES string of the molecule is CNC(=O)CS(=O)(=O)c1cn(CC(=O)N2CCC(C)CC2)c2ccccc12. The molecule has 1 fully saturated rings. The van der Waals surface area contributed by atoms with E-state index < -0.39 is 21.5 Å². The van der Waals surface area contributed by atoms with Crippen LogP contribution in [0, 0.1) is 5.92 Å². The summed E-state index contributed by atoms with van der Waals surface area (Å²) in [6.45, 7) is 3.75. The molecule has 0 atom stereocenters. The lowest BCUT2D eigenvalue weighted by Crippen LogP contribution is -2.39. The van der Waals surface area contributed by atoms with E-state index in [1.807, 2.05) is 4.90 Å². The van der Waals surface area contributed by atoms with Gasteiger partial charge in [-0.3, -0.25) is 9.59 Å². The summed E-state index contributed by atoms with van der Waals surface area (Å²) in [5.41, 5.74) is 0.673. The summed E-state index contributed by atoms with van der Waals surface area (Å²) in [5.74, 6) is -0.568. The summed E-state index contributed by atoms with van der Waals surface area (Å²) in [6, 6.07) is 7.05. The van der Waals surface area contributed by atoms with Gasteiger partial charge in [0.05, 0.1) is 4.90 Å². The van der Waals surface area contributed by atoms with Gasteiger partial charge in [-0.05, 0) is 24.8 Å². The van der Waals surface area contributed by atoms with Gasteiger partial charge in [-0.1, -0.05) is 25.1 Å². The highest BCUT2D eigenvalue weighted by molar-refractivity contribution is 7.92. The number of nitrogens with one attached hydrogen (secondary N) is 1. The van der Waals surface area contributed by atoms with E-state index in [-0.39, 0.29) is 17.3 Å². The van der Waals surface area contributed by atoms with Crippen LogP contribution in [0.15, 0.2) is 35.4 Å². The van der Waals surface area contributed by atoms with E-state index in [4.69, 9.17) is 0 Å². The molecule has 0 bridgehead atoms. The first-order valence-electron chi connectivity index (χ1n) is 9.11. The number of piperidine rings is 1. The number of carbonyl (C=O) groups is 2. The molecule has 8 heteroatoms. The Hall–Kier alpha value is -2.35. The Morgan fingerprint density at radius 3 is 2.52 bits per heavy atom. The molecule has 1 aliphatic heterocycles. The van der Waals surface area contributed by atoms with Crippen molar-refractivity contribution >= 4 is 32.6 Å². The van der Waals surface area contributed by atoms with Crippen LogP contribution in [0.25, 0.3) is 10.9 Å². The lowest BCUT2D eigenvalue weighted by Gasteiger charge is -2.30. The number of likely N-dealkylation sites (tertiary alicyclic amines) is 1. The fourth-order valence-corrected chi connectivity index (χ4v) is 4.86. The molecule has 2 heterocycles. The molecule has 3 rings (SSSR count). The molecule has 2 amide bonds. The number of carbonyl (C=O) groups excluding carboxylic acids is 2. The maximum Gasteiger partial charge on any atom is 0.242 e. The second-order valence-electron chi connectivity index (χ2n) is 7.13. The summed E-state index contributed by atoms with van der Waals surface area (Å²) in [5, 5.41) is 2.87. The van der Waals surface area contributed by atoms with Gasteiger partial charge in [0.1, 0.15) is 12.3 Å². The molecule has 2 aromatic rings. The van der Waals surface area contributed by atoms with Crippen molar-refractivity contribution in [1.29, 1.82) is 0 Å². The Kier molecular flexibility index (Phi) is 5.55. The van der Waals surface area contributed by atoms with E-state index >= 15 is 0 Å². The Bertz CT molecular complexity index is 956. The number of benzene rings is 1. The number of para-hydroxylation sites is 1. The van der Waals surface area contributed by atoms with E-state index in [0.29, 0.717) is 16.8 Å². The van der Waals surface area contributed by atoms with E-state index in [9.17, 15) is 18.0 Å². The molecule has 27 heavy (non-hydrogen) atoms. The van der Waals surface area contributed by atoms with Crippen molar-refractivity contribution < 1.29 is 18.0 Å². The Labute approximate surface area is 159 Å².